The Balaban J connectivity index is 2.32. The molecule has 4 nitrogen and oxygen atoms in total. The highest BCUT2D eigenvalue weighted by atomic mass is 19.1. The van der Waals surface area contributed by atoms with Crippen LogP contribution in [0.15, 0.2) is 30.5 Å². The standard InChI is InChI=1S/C14H12FN3O/c1-8-6-11-12(7-9(8)2)18(19)14(17-11)10-4-3-5-16-13(10)15/h3-7,19H,1-2H3. The lowest BCUT2D eigenvalue weighted by Gasteiger charge is -2.02. The van der Waals surface area contributed by atoms with E-state index >= 15 is 0 Å². The van der Waals surface area contributed by atoms with Crippen LogP contribution in [0.4, 0.5) is 4.39 Å². The van der Waals surface area contributed by atoms with Crippen molar-refractivity contribution >= 4 is 11.0 Å². The van der Waals surface area contributed by atoms with E-state index in [4.69, 9.17) is 0 Å². The highest BCUT2D eigenvalue weighted by Gasteiger charge is 2.16. The summed E-state index contributed by atoms with van der Waals surface area (Å²) >= 11 is 0. The van der Waals surface area contributed by atoms with Gasteiger partial charge in [-0.2, -0.15) is 9.12 Å². The second kappa shape index (κ2) is 4.05. The van der Waals surface area contributed by atoms with E-state index in [1.807, 2.05) is 26.0 Å². The monoisotopic (exact) mass is 257 g/mol. The maximum absolute atomic E-state index is 13.7. The average Bonchev–Trinajstić information content (AvgIpc) is 2.68. The molecule has 0 atom stereocenters. The van der Waals surface area contributed by atoms with E-state index in [0.29, 0.717) is 11.0 Å². The molecule has 0 fully saturated rings. The van der Waals surface area contributed by atoms with Gasteiger partial charge >= 0.3 is 0 Å². The highest BCUT2D eigenvalue weighted by Crippen LogP contribution is 2.26. The zero-order valence-corrected chi connectivity index (χ0v) is 10.6. The smallest absolute Gasteiger partial charge is 0.223 e. The van der Waals surface area contributed by atoms with Crippen LogP contribution < -0.4 is 0 Å². The first-order chi connectivity index (χ1) is 9.08. The maximum atomic E-state index is 13.7. The molecule has 0 radical (unpaired) electrons. The van der Waals surface area contributed by atoms with Crippen LogP contribution in [0.5, 0.6) is 0 Å². The van der Waals surface area contributed by atoms with Crippen LogP contribution in [0, 0.1) is 19.8 Å². The van der Waals surface area contributed by atoms with E-state index in [2.05, 4.69) is 9.97 Å². The number of aromatic nitrogens is 3. The Hall–Kier alpha value is -2.43. The summed E-state index contributed by atoms with van der Waals surface area (Å²) in [6.45, 7) is 3.92. The molecular formula is C14H12FN3O. The molecule has 0 bridgehead atoms. The number of aryl methyl sites for hydroxylation is 2. The van der Waals surface area contributed by atoms with Crippen LogP contribution in [-0.2, 0) is 0 Å². The van der Waals surface area contributed by atoms with Gasteiger partial charge in [-0.15, -0.1) is 0 Å². The lowest BCUT2D eigenvalue weighted by Crippen LogP contribution is -1.97. The van der Waals surface area contributed by atoms with Crippen LogP contribution in [0.25, 0.3) is 22.4 Å². The van der Waals surface area contributed by atoms with Gasteiger partial charge in [-0.3, -0.25) is 0 Å². The first-order valence-electron chi connectivity index (χ1n) is 5.88. The van der Waals surface area contributed by atoms with Crippen molar-refractivity contribution < 1.29 is 9.60 Å². The number of hydrogen-bond acceptors (Lipinski definition) is 3. The van der Waals surface area contributed by atoms with Gasteiger partial charge in [-0.1, -0.05) is 0 Å². The van der Waals surface area contributed by atoms with Gasteiger partial charge in [0.25, 0.3) is 0 Å². The number of benzene rings is 1. The van der Waals surface area contributed by atoms with Crippen LogP contribution in [-0.4, -0.2) is 19.9 Å². The number of nitrogens with zero attached hydrogens (tertiary/aromatic N) is 3. The summed E-state index contributed by atoms with van der Waals surface area (Å²) in [5.41, 5.74) is 3.48. The zero-order chi connectivity index (χ0) is 13.6. The molecule has 0 aliphatic carbocycles. The van der Waals surface area contributed by atoms with E-state index in [9.17, 15) is 9.60 Å². The Labute approximate surface area is 109 Å². The van der Waals surface area contributed by atoms with Crippen molar-refractivity contribution in [3.8, 4) is 11.4 Å². The molecule has 0 saturated heterocycles. The summed E-state index contributed by atoms with van der Waals surface area (Å²) in [6.07, 6.45) is 1.36. The molecule has 0 aliphatic rings. The maximum Gasteiger partial charge on any atom is 0.223 e. The lowest BCUT2D eigenvalue weighted by molar-refractivity contribution is 0.202. The van der Waals surface area contributed by atoms with E-state index < -0.39 is 5.95 Å². The van der Waals surface area contributed by atoms with E-state index in [1.54, 1.807) is 6.07 Å². The highest BCUT2D eigenvalue weighted by molar-refractivity contribution is 5.81. The molecule has 3 rings (SSSR count). The molecule has 19 heavy (non-hydrogen) atoms. The van der Waals surface area contributed by atoms with Crippen molar-refractivity contribution in [2.75, 3.05) is 0 Å². The molecule has 0 amide bonds. The quantitative estimate of drug-likeness (QED) is 0.538. The third-order valence-corrected chi connectivity index (χ3v) is 3.25. The molecule has 0 unspecified atom stereocenters. The third-order valence-electron chi connectivity index (χ3n) is 3.25. The van der Waals surface area contributed by atoms with Crippen molar-refractivity contribution in [1.82, 2.24) is 14.7 Å². The Morgan fingerprint density at radius 2 is 1.95 bits per heavy atom. The molecule has 96 valence electrons. The van der Waals surface area contributed by atoms with Crippen LogP contribution in [0.1, 0.15) is 11.1 Å². The first-order valence-corrected chi connectivity index (χ1v) is 5.88. The fourth-order valence-corrected chi connectivity index (χ4v) is 2.05. The number of imidazole rings is 1. The van der Waals surface area contributed by atoms with Gasteiger partial charge in [0.1, 0.15) is 5.52 Å². The second-order valence-electron chi connectivity index (χ2n) is 4.51. The lowest BCUT2D eigenvalue weighted by atomic mass is 10.1. The van der Waals surface area contributed by atoms with Gasteiger partial charge in [0.05, 0.1) is 11.1 Å². The Kier molecular flexibility index (Phi) is 2.48. The van der Waals surface area contributed by atoms with Crippen molar-refractivity contribution in [3.05, 3.63) is 47.5 Å². The predicted octanol–water partition coefficient (Wildman–Crippen LogP) is 3.09. The van der Waals surface area contributed by atoms with E-state index in [0.717, 1.165) is 15.9 Å². The fraction of sp³-hybridized carbons (Fsp3) is 0.143. The van der Waals surface area contributed by atoms with E-state index in [-0.39, 0.29) is 11.4 Å². The van der Waals surface area contributed by atoms with Gasteiger partial charge in [0, 0.05) is 6.20 Å². The number of rotatable bonds is 1. The number of hydrogen-bond donors (Lipinski definition) is 1. The first kappa shape index (κ1) is 11.6. The minimum Gasteiger partial charge on any atom is -0.426 e. The molecule has 0 saturated carbocycles. The average molecular weight is 257 g/mol. The largest absolute Gasteiger partial charge is 0.426 e. The summed E-state index contributed by atoms with van der Waals surface area (Å²) in [6, 6.07) is 6.84. The molecule has 1 N–H and O–H groups in total. The molecule has 0 aliphatic heterocycles. The van der Waals surface area contributed by atoms with Gasteiger partial charge in [0.15, 0.2) is 5.82 Å². The van der Waals surface area contributed by atoms with Crippen LogP contribution in [0.2, 0.25) is 0 Å². The van der Waals surface area contributed by atoms with Crippen molar-refractivity contribution in [1.29, 1.82) is 0 Å². The van der Waals surface area contributed by atoms with E-state index in [1.165, 1.54) is 12.3 Å². The van der Waals surface area contributed by atoms with Crippen molar-refractivity contribution in [2.45, 2.75) is 13.8 Å². The normalized spacial score (nSPS) is 11.1. The van der Waals surface area contributed by atoms with Gasteiger partial charge in [0.2, 0.25) is 5.95 Å². The van der Waals surface area contributed by atoms with Crippen LogP contribution >= 0.6 is 0 Å². The summed E-state index contributed by atoms with van der Waals surface area (Å²) in [4.78, 5) is 7.85. The minimum absolute atomic E-state index is 0.158. The molecule has 1 aromatic carbocycles. The molecule has 3 aromatic rings. The van der Waals surface area contributed by atoms with Crippen LogP contribution in [0.3, 0.4) is 0 Å². The van der Waals surface area contributed by atoms with Crippen molar-refractivity contribution in [2.24, 2.45) is 0 Å². The number of fused-ring (bicyclic) bond motifs is 1. The Morgan fingerprint density at radius 1 is 1.21 bits per heavy atom. The third kappa shape index (κ3) is 1.74. The molecule has 2 heterocycles. The molecule has 0 spiro atoms. The molecular weight excluding hydrogens is 245 g/mol. The summed E-state index contributed by atoms with van der Waals surface area (Å²) in [5.74, 6) is -0.493. The molecule has 5 heteroatoms. The Morgan fingerprint density at radius 3 is 2.68 bits per heavy atom. The van der Waals surface area contributed by atoms with Crippen molar-refractivity contribution in [3.63, 3.8) is 0 Å². The summed E-state index contributed by atoms with van der Waals surface area (Å²) in [7, 11) is 0. The summed E-state index contributed by atoms with van der Waals surface area (Å²) < 4.78 is 14.6. The van der Waals surface area contributed by atoms with Gasteiger partial charge in [-0.25, -0.2) is 9.97 Å². The SMILES string of the molecule is Cc1cc2nc(-c3cccnc3F)n(O)c2cc1C. The topological polar surface area (TPSA) is 50.9 Å². The fourth-order valence-electron chi connectivity index (χ4n) is 2.05. The minimum atomic E-state index is -0.651. The predicted molar refractivity (Wildman–Crippen MR) is 69.6 cm³/mol. The zero-order valence-electron chi connectivity index (χ0n) is 10.6. The second-order valence-corrected chi connectivity index (χ2v) is 4.51. The number of halogens is 1. The van der Waals surface area contributed by atoms with Gasteiger partial charge < -0.3 is 5.21 Å². The molecule has 2 aromatic heterocycles. The summed E-state index contributed by atoms with van der Waals surface area (Å²) in [5, 5.41) is 10.1. The van der Waals surface area contributed by atoms with Gasteiger partial charge in [-0.05, 0) is 49.2 Å². The number of pyridine rings is 1. The Bertz CT molecular complexity index is 780.